The Morgan fingerprint density at radius 2 is 1.79 bits per heavy atom. The molecule has 7 nitrogen and oxygen atoms in total. The molecule has 2 fully saturated rings. The van der Waals surface area contributed by atoms with E-state index >= 15 is 0 Å². The van der Waals surface area contributed by atoms with E-state index in [1.54, 1.807) is 0 Å². The molecular formula is C27H30N6O. The van der Waals surface area contributed by atoms with Gasteiger partial charge in [-0.1, -0.05) is 30.3 Å². The summed E-state index contributed by atoms with van der Waals surface area (Å²) in [5.41, 5.74) is 5.99. The second kappa shape index (κ2) is 10.7. The van der Waals surface area contributed by atoms with Crippen LogP contribution in [0.2, 0.25) is 0 Å². The lowest BCUT2D eigenvalue weighted by atomic mass is 10.1. The molecule has 3 aromatic rings. The number of piperazine rings is 1. The van der Waals surface area contributed by atoms with Gasteiger partial charge in [-0.05, 0) is 35.4 Å². The third kappa shape index (κ3) is 5.37. The summed E-state index contributed by atoms with van der Waals surface area (Å²) in [6.45, 7) is 8.25. The molecule has 2 aliphatic rings. The zero-order valence-electron chi connectivity index (χ0n) is 19.3. The SMILES string of the molecule is N#Cc1cc(-c2ccnc(C=Cc3ccc(CN4CCOCC4)cc3)c2)[nH]c1N1CCNCC1. The van der Waals surface area contributed by atoms with E-state index < -0.39 is 0 Å². The Morgan fingerprint density at radius 1 is 1.00 bits per heavy atom. The summed E-state index contributed by atoms with van der Waals surface area (Å²) in [6, 6.07) is 17.0. The van der Waals surface area contributed by atoms with Crippen molar-refractivity contribution in [1.29, 1.82) is 5.26 Å². The first-order chi connectivity index (χ1) is 16.8. The van der Waals surface area contributed by atoms with Crippen molar-refractivity contribution in [3.63, 3.8) is 0 Å². The molecule has 4 heterocycles. The number of aromatic amines is 1. The maximum atomic E-state index is 9.64. The van der Waals surface area contributed by atoms with Crippen LogP contribution in [0.4, 0.5) is 5.82 Å². The highest BCUT2D eigenvalue weighted by molar-refractivity contribution is 5.73. The topological polar surface area (TPSA) is 80.2 Å². The Bertz CT molecular complexity index is 1160. The predicted octanol–water partition coefficient (Wildman–Crippen LogP) is 3.36. The van der Waals surface area contributed by atoms with E-state index in [0.29, 0.717) is 5.56 Å². The van der Waals surface area contributed by atoms with Crippen LogP contribution in [-0.2, 0) is 11.3 Å². The first kappa shape index (κ1) is 22.4. The zero-order valence-corrected chi connectivity index (χ0v) is 19.3. The second-order valence-electron chi connectivity index (χ2n) is 8.73. The summed E-state index contributed by atoms with van der Waals surface area (Å²) in [4.78, 5) is 12.6. The van der Waals surface area contributed by atoms with Crippen LogP contribution in [0.3, 0.4) is 0 Å². The summed E-state index contributed by atoms with van der Waals surface area (Å²) in [6.07, 6.45) is 5.94. The molecule has 0 radical (unpaired) electrons. The van der Waals surface area contributed by atoms with Crippen LogP contribution in [0.25, 0.3) is 23.4 Å². The van der Waals surface area contributed by atoms with Crippen molar-refractivity contribution in [2.45, 2.75) is 6.54 Å². The molecule has 2 saturated heterocycles. The highest BCUT2D eigenvalue weighted by Gasteiger charge is 2.18. The number of hydrogen-bond acceptors (Lipinski definition) is 6. The van der Waals surface area contributed by atoms with Gasteiger partial charge in [0.15, 0.2) is 0 Å². The third-order valence-electron chi connectivity index (χ3n) is 6.38. The number of benzene rings is 1. The smallest absolute Gasteiger partial charge is 0.124 e. The van der Waals surface area contributed by atoms with Gasteiger partial charge in [-0.3, -0.25) is 9.88 Å². The Hall–Kier alpha value is -3.44. The summed E-state index contributed by atoms with van der Waals surface area (Å²) in [7, 11) is 0. The molecule has 0 bridgehead atoms. The van der Waals surface area contributed by atoms with Gasteiger partial charge in [0.1, 0.15) is 11.9 Å². The molecule has 2 N–H and O–H groups in total. The number of ether oxygens (including phenoxy) is 1. The number of morpholine rings is 1. The number of anilines is 1. The van der Waals surface area contributed by atoms with Crippen LogP contribution in [0, 0.1) is 11.3 Å². The zero-order chi connectivity index (χ0) is 23.2. The number of nitrogens with one attached hydrogen (secondary N) is 2. The lowest BCUT2D eigenvalue weighted by molar-refractivity contribution is 0.0342. The van der Waals surface area contributed by atoms with Crippen molar-refractivity contribution in [3.8, 4) is 17.3 Å². The van der Waals surface area contributed by atoms with Gasteiger partial charge in [-0.25, -0.2) is 0 Å². The van der Waals surface area contributed by atoms with Crippen molar-refractivity contribution in [1.82, 2.24) is 20.2 Å². The second-order valence-corrected chi connectivity index (χ2v) is 8.73. The molecule has 7 heteroatoms. The quantitative estimate of drug-likeness (QED) is 0.595. The van der Waals surface area contributed by atoms with E-state index in [0.717, 1.165) is 87.4 Å². The van der Waals surface area contributed by atoms with E-state index in [-0.39, 0.29) is 0 Å². The van der Waals surface area contributed by atoms with Crippen molar-refractivity contribution >= 4 is 18.0 Å². The van der Waals surface area contributed by atoms with Crippen molar-refractivity contribution in [2.75, 3.05) is 57.4 Å². The Balaban J connectivity index is 1.28. The molecule has 174 valence electrons. The number of nitriles is 1. The number of nitrogens with zero attached hydrogens (tertiary/aromatic N) is 4. The standard InChI is InChI=1S/C27H30N6O/c28-19-24-18-26(31-27(24)33-11-9-29-10-12-33)23-7-8-30-25(17-23)6-5-21-1-3-22(4-2-21)20-32-13-15-34-16-14-32/h1-8,17-18,29,31H,9-16,20H2. The van der Waals surface area contributed by atoms with E-state index in [1.807, 2.05) is 24.4 Å². The van der Waals surface area contributed by atoms with Crippen molar-refractivity contribution < 1.29 is 4.74 Å². The van der Waals surface area contributed by atoms with E-state index in [1.165, 1.54) is 5.56 Å². The monoisotopic (exact) mass is 454 g/mol. The van der Waals surface area contributed by atoms with Gasteiger partial charge in [0.25, 0.3) is 0 Å². The van der Waals surface area contributed by atoms with Crippen molar-refractivity contribution in [3.05, 3.63) is 71.0 Å². The van der Waals surface area contributed by atoms with Gasteiger partial charge in [0.05, 0.1) is 24.5 Å². The number of H-pyrrole nitrogens is 1. The lowest BCUT2D eigenvalue weighted by Crippen LogP contribution is -2.44. The number of rotatable bonds is 6. The van der Waals surface area contributed by atoms with Crippen LogP contribution >= 0.6 is 0 Å². The first-order valence-electron chi connectivity index (χ1n) is 11.9. The van der Waals surface area contributed by atoms with Gasteiger partial charge in [0, 0.05) is 63.3 Å². The summed E-state index contributed by atoms with van der Waals surface area (Å²) in [5, 5.41) is 13.0. The molecule has 34 heavy (non-hydrogen) atoms. The average Bonchev–Trinajstić information content (AvgIpc) is 3.34. The van der Waals surface area contributed by atoms with Gasteiger partial charge < -0.3 is 19.9 Å². The average molecular weight is 455 g/mol. The minimum absolute atomic E-state index is 0.683. The number of hydrogen-bond donors (Lipinski definition) is 2. The number of aromatic nitrogens is 2. The summed E-state index contributed by atoms with van der Waals surface area (Å²) >= 11 is 0. The third-order valence-corrected chi connectivity index (χ3v) is 6.38. The van der Waals surface area contributed by atoms with E-state index in [9.17, 15) is 5.26 Å². The van der Waals surface area contributed by atoms with Crippen LogP contribution in [-0.4, -0.2) is 67.4 Å². The van der Waals surface area contributed by atoms with E-state index in [4.69, 9.17) is 4.74 Å². The van der Waals surface area contributed by atoms with Gasteiger partial charge in [-0.15, -0.1) is 0 Å². The maximum Gasteiger partial charge on any atom is 0.124 e. The minimum atomic E-state index is 0.683. The largest absolute Gasteiger partial charge is 0.379 e. The molecular weight excluding hydrogens is 424 g/mol. The molecule has 0 atom stereocenters. The maximum absolute atomic E-state index is 9.64. The minimum Gasteiger partial charge on any atom is -0.379 e. The molecule has 0 saturated carbocycles. The molecule has 0 aliphatic carbocycles. The van der Waals surface area contributed by atoms with Crippen molar-refractivity contribution in [2.24, 2.45) is 0 Å². The molecule has 0 amide bonds. The van der Waals surface area contributed by atoms with Crippen LogP contribution in [0.1, 0.15) is 22.4 Å². The fraction of sp³-hybridized carbons (Fsp3) is 0.333. The highest BCUT2D eigenvalue weighted by atomic mass is 16.5. The van der Waals surface area contributed by atoms with Gasteiger partial charge in [0.2, 0.25) is 0 Å². The fourth-order valence-electron chi connectivity index (χ4n) is 4.46. The van der Waals surface area contributed by atoms with Gasteiger partial charge in [-0.2, -0.15) is 5.26 Å². The molecule has 1 aromatic carbocycles. The predicted molar refractivity (Wildman–Crippen MR) is 135 cm³/mol. The van der Waals surface area contributed by atoms with Crippen LogP contribution in [0.15, 0.2) is 48.7 Å². The highest BCUT2D eigenvalue weighted by Crippen LogP contribution is 2.28. The van der Waals surface area contributed by atoms with Crippen LogP contribution < -0.4 is 10.2 Å². The fourth-order valence-corrected chi connectivity index (χ4v) is 4.46. The Kier molecular flexibility index (Phi) is 7.01. The normalized spacial score (nSPS) is 17.2. The summed E-state index contributed by atoms with van der Waals surface area (Å²) < 4.78 is 5.43. The molecule has 5 rings (SSSR count). The van der Waals surface area contributed by atoms with E-state index in [2.05, 4.69) is 67.6 Å². The van der Waals surface area contributed by atoms with Crippen LogP contribution in [0.5, 0.6) is 0 Å². The van der Waals surface area contributed by atoms with Gasteiger partial charge >= 0.3 is 0 Å². The number of pyridine rings is 1. The molecule has 2 aliphatic heterocycles. The Morgan fingerprint density at radius 3 is 2.56 bits per heavy atom. The summed E-state index contributed by atoms with van der Waals surface area (Å²) in [5.74, 6) is 0.907. The Labute approximate surface area is 200 Å². The molecule has 2 aromatic heterocycles. The molecule has 0 unspecified atom stereocenters. The lowest BCUT2D eigenvalue weighted by Gasteiger charge is -2.28. The first-order valence-corrected chi connectivity index (χ1v) is 11.9. The molecule has 0 spiro atoms.